The zero-order chi connectivity index (χ0) is 23.4. The SMILES string of the molecule is NC(=O)CCCc1oc2cc(OCCCO)c(O)cc2c1C(=O)c1cc(I)c(O)c(I)c1. The van der Waals surface area contributed by atoms with Gasteiger partial charge in [-0.3, -0.25) is 9.59 Å². The average Bonchev–Trinajstić information content (AvgIpc) is 3.08. The molecule has 3 aromatic rings. The number of amides is 1. The van der Waals surface area contributed by atoms with E-state index in [0.717, 1.165) is 0 Å². The molecule has 0 saturated carbocycles. The maximum Gasteiger partial charge on any atom is 0.217 e. The Labute approximate surface area is 211 Å². The smallest absolute Gasteiger partial charge is 0.217 e. The number of nitrogens with two attached hydrogens (primary N) is 1. The lowest BCUT2D eigenvalue weighted by Gasteiger charge is -2.08. The van der Waals surface area contributed by atoms with Gasteiger partial charge < -0.3 is 30.2 Å². The number of primary amides is 1. The maximum atomic E-state index is 13.5. The lowest BCUT2D eigenvalue weighted by atomic mass is 9.98. The first kappa shape index (κ1) is 24.6. The molecule has 8 nitrogen and oxygen atoms in total. The normalized spacial score (nSPS) is 11.1. The van der Waals surface area contributed by atoms with E-state index in [1.54, 1.807) is 12.1 Å². The highest BCUT2D eigenvalue weighted by Crippen LogP contribution is 2.38. The van der Waals surface area contributed by atoms with Gasteiger partial charge in [-0.15, -0.1) is 0 Å². The largest absolute Gasteiger partial charge is 0.506 e. The Morgan fingerprint density at radius 1 is 1.06 bits per heavy atom. The number of ketones is 1. The summed E-state index contributed by atoms with van der Waals surface area (Å²) in [5, 5.41) is 29.8. The monoisotopic (exact) mass is 665 g/mol. The standard InChI is InChI=1S/C22H21I2NO7/c23-13-7-11(8-14(24)22(13)30)21(29)20-12-9-15(27)18(31-6-2-5-26)10-17(12)32-16(20)3-1-4-19(25)28/h7-10,26-27,30H,1-6H2,(H2,25,28). The number of carbonyl (C=O) groups excluding carboxylic acids is 2. The van der Waals surface area contributed by atoms with Crippen molar-refractivity contribution in [1.82, 2.24) is 0 Å². The predicted molar refractivity (Wildman–Crippen MR) is 134 cm³/mol. The number of halogens is 2. The summed E-state index contributed by atoms with van der Waals surface area (Å²) < 4.78 is 12.5. The molecule has 0 aliphatic rings. The van der Waals surface area contributed by atoms with Crippen molar-refractivity contribution >= 4 is 67.8 Å². The Morgan fingerprint density at radius 2 is 1.75 bits per heavy atom. The van der Waals surface area contributed by atoms with Crippen molar-refractivity contribution in [3.8, 4) is 17.2 Å². The topological polar surface area (TPSA) is 143 Å². The number of aromatic hydroxyl groups is 2. The molecular weight excluding hydrogens is 644 g/mol. The van der Waals surface area contributed by atoms with Crippen LogP contribution in [-0.4, -0.2) is 40.2 Å². The molecule has 5 N–H and O–H groups in total. The summed E-state index contributed by atoms with van der Waals surface area (Å²) >= 11 is 3.91. The highest BCUT2D eigenvalue weighted by molar-refractivity contribution is 14.1. The minimum absolute atomic E-state index is 0.0450. The zero-order valence-corrected chi connectivity index (χ0v) is 21.2. The van der Waals surface area contributed by atoms with E-state index in [2.05, 4.69) is 0 Å². The molecule has 0 fully saturated rings. The highest BCUT2D eigenvalue weighted by atomic mass is 127. The fraction of sp³-hybridized carbons (Fsp3) is 0.273. The number of aryl methyl sites for hydroxylation is 1. The van der Waals surface area contributed by atoms with E-state index in [0.29, 0.717) is 48.7 Å². The second-order valence-electron chi connectivity index (χ2n) is 7.08. The summed E-state index contributed by atoms with van der Waals surface area (Å²) in [5.74, 6) is -0.296. The van der Waals surface area contributed by atoms with Crippen LogP contribution in [0.1, 0.15) is 40.9 Å². The molecule has 3 rings (SSSR count). The summed E-state index contributed by atoms with van der Waals surface area (Å²) in [6.07, 6.45) is 1.23. The van der Waals surface area contributed by atoms with Crippen LogP contribution in [0.5, 0.6) is 17.2 Å². The Balaban J connectivity index is 2.09. The summed E-state index contributed by atoms with van der Waals surface area (Å²) in [6, 6.07) is 6.08. The molecule has 2 aromatic carbocycles. The van der Waals surface area contributed by atoms with Gasteiger partial charge in [-0.25, -0.2) is 0 Å². The quantitative estimate of drug-likeness (QED) is 0.146. The van der Waals surface area contributed by atoms with Gasteiger partial charge in [-0.2, -0.15) is 0 Å². The van der Waals surface area contributed by atoms with Crippen LogP contribution in [0.2, 0.25) is 0 Å². The summed E-state index contributed by atoms with van der Waals surface area (Å²) in [5.41, 5.74) is 6.22. The van der Waals surface area contributed by atoms with Crippen LogP contribution in [0.15, 0.2) is 28.7 Å². The number of phenolic OH excluding ortho intramolecular Hbond substituents is 2. The fourth-order valence-corrected chi connectivity index (χ4v) is 4.98. The summed E-state index contributed by atoms with van der Waals surface area (Å²) in [7, 11) is 0. The molecule has 0 atom stereocenters. The van der Waals surface area contributed by atoms with Gasteiger partial charge in [0.1, 0.15) is 17.1 Å². The van der Waals surface area contributed by atoms with Crippen molar-refractivity contribution in [3.63, 3.8) is 0 Å². The summed E-state index contributed by atoms with van der Waals surface area (Å²) in [4.78, 5) is 24.6. The number of rotatable bonds is 10. The molecule has 0 unspecified atom stereocenters. The van der Waals surface area contributed by atoms with Gasteiger partial charge in [0.2, 0.25) is 5.91 Å². The van der Waals surface area contributed by atoms with Crippen LogP contribution in [0.3, 0.4) is 0 Å². The minimum atomic E-state index is -0.450. The zero-order valence-electron chi connectivity index (χ0n) is 16.9. The molecule has 0 aliphatic carbocycles. The number of carbonyl (C=O) groups is 2. The van der Waals surface area contributed by atoms with Gasteiger partial charge in [-0.05, 0) is 69.8 Å². The van der Waals surface area contributed by atoms with Crippen LogP contribution >= 0.6 is 45.2 Å². The molecule has 0 saturated heterocycles. The van der Waals surface area contributed by atoms with Crippen LogP contribution in [0.25, 0.3) is 11.0 Å². The van der Waals surface area contributed by atoms with Crippen molar-refractivity contribution in [2.24, 2.45) is 5.73 Å². The number of hydrogen-bond donors (Lipinski definition) is 4. The average molecular weight is 665 g/mol. The fourth-order valence-electron chi connectivity index (χ4n) is 3.21. The number of aliphatic hydroxyl groups excluding tert-OH is 1. The number of furan rings is 1. The summed E-state index contributed by atoms with van der Waals surface area (Å²) in [6.45, 7) is 0.161. The van der Waals surface area contributed by atoms with Gasteiger partial charge in [-0.1, -0.05) is 0 Å². The second-order valence-corrected chi connectivity index (χ2v) is 9.40. The highest BCUT2D eigenvalue weighted by Gasteiger charge is 2.25. The van der Waals surface area contributed by atoms with E-state index < -0.39 is 5.91 Å². The Bertz CT molecular complexity index is 1150. The third kappa shape index (κ3) is 5.46. The first-order valence-corrected chi connectivity index (χ1v) is 11.9. The van der Waals surface area contributed by atoms with Gasteiger partial charge in [0.15, 0.2) is 17.3 Å². The van der Waals surface area contributed by atoms with E-state index >= 15 is 0 Å². The molecule has 0 bridgehead atoms. The molecule has 1 heterocycles. The molecule has 1 amide bonds. The molecule has 0 radical (unpaired) electrons. The third-order valence-corrected chi connectivity index (χ3v) is 6.38. The molecule has 170 valence electrons. The number of phenols is 2. The number of ether oxygens (including phenoxy) is 1. The van der Waals surface area contributed by atoms with Crippen molar-refractivity contribution in [2.45, 2.75) is 25.7 Å². The van der Waals surface area contributed by atoms with Gasteiger partial charge in [0, 0.05) is 42.9 Å². The third-order valence-electron chi connectivity index (χ3n) is 4.74. The Hall–Kier alpha value is -2.06. The van der Waals surface area contributed by atoms with Crippen LogP contribution in [-0.2, 0) is 11.2 Å². The Kier molecular flexibility index (Phi) is 8.22. The molecular formula is C22H21I2NO7. The first-order chi connectivity index (χ1) is 15.2. The van der Waals surface area contributed by atoms with E-state index in [1.165, 1.54) is 12.1 Å². The van der Waals surface area contributed by atoms with Crippen molar-refractivity contribution < 1.29 is 34.1 Å². The number of fused-ring (bicyclic) bond motifs is 1. The van der Waals surface area contributed by atoms with E-state index in [-0.39, 0.29) is 48.2 Å². The van der Waals surface area contributed by atoms with Crippen LogP contribution in [0.4, 0.5) is 0 Å². The Morgan fingerprint density at radius 3 is 2.38 bits per heavy atom. The van der Waals surface area contributed by atoms with E-state index in [9.17, 15) is 19.8 Å². The van der Waals surface area contributed by atoms with Gasteiger partial charge >= 0.3 is 0 Å². The second kappa shape index (κ2) is 10.7. The predicted octanol–water partition coefficient (Wildman–Crippen LogP) is 3.85. The van der Waals surface area contributed by atoms with Crippen LogP contribution in [0, 0.1) is 7.14 Å². The molecule has 10 heteroatoms. The minimum Gasteiger partial charge on any atom is -0.506 e. The molecule has 0 spiro atoms. The van der Waals surface area contributed by atoms with E-state index in [4.69, 9.17) is 20.0 Å². The van der Waals surface area contributed by atoms with Crippen molar-refractivity contribution in [3.05, 3.63) is 48.3 Å². The number of aliphatic hydroxyl groups is 1. The van der Waals surface area contributed by atoms with Gasteiger partial charge in [0.05, 0.1) is 19.3 Å². The number of benzene rings is 2. The number of hydrogen-bond acceptors (Lipinski definition) is 7. The van der Waals surface area contributed by atoms with E-state index in [1.807, 2.05) is 45.2 Å². The van der Waals surface area contributed by atoms with Crippen LogP contribution < -0.4 is 10.5 Å². The lowest BCUT2D eigenvalue weighted by molar-refractivity contribution is -0.118. The first-order valence-electron chi connectivity index (χ1n) is 9.76. The molecule has 32 heavy (non-hydrogen) atoms. The molecule has 1 aromatic heterocycles. The van der Waals surface area contributed by atoms with Crippen molar-refractivity contribution in [2.75, 3.05) is 13.2 Å². The maximum absolute atomic E-state index is 13.5. The van der Waals surface area contributed by atoms with Crippen molar-refractivity contribution in [1.29, 1.82) is 0 Å². The molecule has 0 aliphatic heterocycles. The van der Waals surface area contributed by atoms with Gasteiger partial charge in [0.25, 0.3) is 0 Å². The lowest BCUT2D eigenvalue weighted by Crippen LogP contribution is -2.11.